The molecule has 1 aromatic heterocycles. The number of imidazole rings is 1. The van der Waals surface area contributed by atoms with E-state index < -0.39 is 0 Å². The number of ether oxygens (including phenoxy) is 1. The van der Waals surface area contributed by atoms with Crippen LogP contribution in [0.5, 0.6) is 0 Å². The Hall–Kier alpha value is -2.86. The predicted molar refractivity (Wildman–Crippen MR) is 105 cm³/mol. The number of hydrogen-bond donors (Lipinski definition) is 1. The second kappa shape index (κ2) is 8.68. The van der Waals surface area contributed by atoms with Gasteiger partial charge in [-0.05, 0) is 37.1 Å². The molecule has 0 aliphatic carbocycles. The van der Waals surface area contributed by atoms with Crippen LogP contribution >= 0.6 is 0 Å². The predicted octanol–water partition coefficient (Wildman–Crippen LogP) is 2.68. The Bertz CT molecular complexity index is 970. The maximum absolute atomic E-state index is 12.6. The molecule has 142 valence electrons. The highest BCUT2D eigenvalue weighted by molar-refractivity contribution is 5.80. The van der Waals surface area contributed by atoms with Gasteiger partial charge in [-0.3, -0.25) is 13.9 Å². The number of nitrogens with zero attached hydrogens (tertiary/aromatic N) is 2. The van der Waals surface area contributed by atoms with Crippen LogP contribution in [0.1, 0.15) is 25.0 Å². The Labute approximate surface area is 158 Å². The van der Waals surface area contributed by atoms with E-state index in [-0.39, 0.29) is 18.1 Å². The molecule has 6 nitrogen and oxygen atoms in total. The van der Waals surface area contributed by atoms with Gasteiger partial charge in [0.2, 0.25) is 5.91 Å². The summed E-state index contributed by atoms with van der Waals surface area (Å²) in [6, 6.07) is 15.5. The van der Waals surface area contributed by atoms with Gasteiger partial charge in [-0.25, -0.2) is 4.79 Å². The van der Waals surface area contributed by atoms with Gasteiger partial charge in [0.25, 0.3) is 0 Å². The number of aromatic nitrogens is 2. The Morgan fingerprint density at radius 1 is 0.963 bits per heavy atom. The van der Waals surface area contributed by atoms with Crippen molar-refractivity contribution in [3.8, 4) is 0 Å². The Morgan fingerprint density at radius 2 is 1.59 bits per heavy atom. The number of para-hydroxylation sites is 2. The summed E-state index contributed by atoms with van der Waals surface area (Å²) >= 11 is 0. The number of benzene rings is 2. The van der Waals surface area contributed by atoms with E-state index in [2.05, 4.69) is 5.32 Å². The van der Waals surface area contributed by atoms with E-state index in [4.69, 9.17) is 4.74 Å². The zero-order valence-corrected chi connectivity index (χ0v) is 15.8. The molecule has 0 atom stereocenters. The summed E-state index contributed by atoms with van der Waals surface area (Å²) in [5, 5.41) is 2.89. The lowest BCUT2D eigenvalue weighted by Crippen LogP contribution is -2.32. The van der Waals surface area contributed by atoms with Crippen molar-refractivity contribution in [1.29, 1.82) is 0 Å². The second-order valence-electron chi connectivity index (χ2n) is 6.33. The number of amides is 1. The zero-order chi connectivity index (χ0) is 19.2. The maximum Gasteiger partial charge on any atom is 0.329 e. The van der Waals surface area contributed by atoms with Gasteiger partial charge in [0.1, 0.15) is 6.54 Å². The smallest absolute Gasteiger partial charge is 0.329 e. The molecule has 1 heterocycles. The summed E-state index contributed by atoms with van der Waals surface area (Å²) in [6.45, 7) is 6.17. The molecule has 2 aromatic carbocycles. The number of carbonyl (C=O) groups is 1. The lowest BCUT2D eigenvalue weighted by Gasteiger charge is -2.08. The second-order valence-corrected chi connectivity index (χ2v) is 6.33. The minimum Gasteiger partial charge on any atom is -0.377 e. The van der Waals surface area contributed by atoms with E-state index in [1.807, 2.05) is 62.4 Å². The van der Waals surface area contributed by atoms with Crippen molar-refractivity contribution >= 4 is 16.9 Å². The molecule has 0 saturated carbocycles. The average molecular weight is 367 g/mol. The summed E-state index contributed by atoms with van der Waals surface area (Å²) in [4.78, 5) is 25.0. The first-order valence-corrected chi connectivity index (χ1v) is 9.24. The third-order valence-electron chi connectivity index (χ3n) is 4.53. The Balaban J connectivity index is 1.66. The van der Waals surface area contributed by atoms with Crippen molar-refractivity contribution in [2.45, 2.75) is 40.1 Å². The van der Waals surface area contributed by atoms with E-state index in [1.54, 1.807) is 4.57 Å². The fourth-order valence-corrected chi connectivity index (χ4v) is 3.10. The third kappa shape index (κ3) is 4.28. The SMILES string of the molecule is CCOCc1ccc(CNC(=O)Cn2c(=O)n(CC)c3ccccc32)cc1. The molecule has 0 unspecified atom stereocenters. The summed E-state index contributed by atoms with van der Waals surface area (Å²) < 4.78 is 8.58. The van der Waals surface area contributed by atoms with Crippen LogP contribution in [0.2, 0.25) is 0 Å². The zero-order valence-electron chi connectivity index (χ0n) is 15.8. The monoisotopic (exact) mass is 367 g/mol. The number of nitrogens with one attached hydrogen (secondary N) is 1. The molecule has 0 fully saturated rings. The molecule has 3 aromatic rings. The highest BCUT2D eigenvalue weighted by atomic mass is 16.5. The van der Waals surface area contributed by atoms with Crippen LogP contribution in [0, 0.1) is 0 Å². The number of carbonyl (C=O) groups excluding carboxylic acids is 1. The van der Waals surface area contributed by atoms with Crippen LogP contribution in [-0.4, -0.2) is 21.6 Å². The summed E-state index contributed by atoms with van der Waals surface area (Å²) in [5.74, 6) is -0.186. The van der Waals surface area contributed by atoms with E-state index in [1.165, 1.54) is 4.57 Å². The van der Waals surface area contributed by atoms with E-state index >= 15 is 0 Å². The molecule has 6 heteroatoms. The van der Waals surface area contributed by atoms with Gasteiger partial charge in [0, 0.05) is 19.7 Å². The van der Waals surface area contributed by atoms with E-state index in [0.717, 1.165) is 22.2 Å². The Kier molecular flexibility index (Phi) is 6.08. The van der Waals surface area contributed by atoms with Crippen LogP contribution < -0.4 is 11.0 Å². The van der Waals surface area contributed by atoms with E-state index in [9.17, 15) is 9.59 Å². The van der Waals surface area contributed by atoms with Crippen molar-refractivity contribution in [2.24, 2.45) is 0 Å². The lowest BCUT2D eigenvalue weighted by atomic mass is 10.1. The summed E-state index contributed by atoms with van der Waals surface area (Å²) in [6.07, 6.45) is 0. The van der Waals surface area contributed by atoms with Gasteiger partial charge in [-0.15, -0.1) is 0 Å². The van der Waals surface area contributed by atoms with Crippen molar-refractivity contribution in [1.82, 2.24) is 14.5 Å². The number of aryl methyl sites for hydroxylation is 1. The standard InChI is InChI=1S/C21H25N3O3/c1-3-23-18-7-5-6-8-19(18)24(21(23)26)14-20(25)22-13-16-9-11-17(12-10-16)15-27-4-2/h5-12H,3-4,13-15H2,1-2H3,(H,22,25). The van der Waals surface area contributed by atoms with Crippen molar-refractivity contribution < 1.29 is 9.53 Å². The molecular formula is C21H25N3O3. The minimum atomic E-state index is -0.186. The molecule has 0 aliphatic heterocycles. The normalized spacial score (nSPS) is 11.0. The van der Waals surface area contributed by atoms with Gasteiger partial charge >= 0.3 is 5.69 Å². The van der Waals surface area contributed by atoms with Crippen molar-refractivity contribution in [2.75, 3.05) is 6.61 Å². The number of rotatable bonds is 8. The molecule has 0 saturated heterocycles. The lowest BCUT2D eigenvalue weighted by molar-refractivity contribution is -0.121. The molecule has 1 amide bonds. The molecule has 0 radical (unpaired) electrons. The van der Waals surface area contributed by atoms with Gasteiger partial charge in [0.05, 0.1) is 17.6 Å². The van der Waals surface area contributed by atoms with Gasteiger partial charge in [-0.1, -0.05) is 36.4 Å². The van der Waals surface area contributed by atoms with Crippen LogP contribution in [0.4, 0.5) is 0 Å². The van der Waals surface area contributed by atoms with Crippen LogP contribution in [-0.2, 0) is 35.8 Å². The number of fused-ring (bicyclic) bond motifs is 1. The van der Waals surface area contributed by atoms with Gasteiger partial charge in [0.15, 0.2) is 0 Å². The molecule has 27 heavy (non-hydrogen) atoms. The van der Waals surface area contributed by atoms with Crippen LogP contribution in [0.25, 0.3) is 11.0 Å². The summed E-state index contributed by atoms with van der Waals surface area (Å²) in [7, 11) is 0. The van der Waals surface area contributed by atoms with Crippen molar-refractivity contribution in [3.05, 3.63) is 70.1 Å². The highest BCUT2D eigenvalue weighted by Gasteiger charge is 2.14. The van der Waals surface area contributed by atoms with Gasteiger partial charge in [-0.2, -0.15) is 0 Å². The minimum absolute atomic E-state index is 0.00870. The third-order valence-corrected chi connectivity index (χ3v) is 4.53. The highest BCUT2D eigenvalue weighted by Crippen LogP contribution is 2.12. The van der Waals surface area contributed by atoms with E-state index in [0.29, 0.717) is 26.3 Å². The molecule has 0 bridgehead atoms. The molecule has 0 spiro atoms. The first kappa shape index (κ1) is 18.9. The summed E-state index contributed by atoms with van der Waals surface area (Å²) in [5.41, 5.74) is 3.58. The van der Waals surface area contributed by atoms with Crippen LogP contribution in [0.3, 0.4) is 0 Å². The fraction of sp³-hybridized carbons (Fsp3) is 0.333. The fourth-order valence-electron chi connectivity index (χ4n) is 3.10. The first-order chi connectivity index (χ1) is 13.1. The topological polar surface area (TPSA) is 65.3 Å². The Morgan fingerprint density at radius 3 is 2.22 bits per heavy atom. The molecule has 3 rings (SSSR count). The largest absolute Gasteiger partial charge is 0.377 e. The van der Waals surface area contributed by atoms with Gasteiger partial charge < -0.3 is 10.1 Å². The van der Waals surface area contributed by atoms with Crippen LogP contribution in [0.15, 0.2) is 53.3 Å². The molecule has 1 N–H and O–H groups in total. The number of hydrogen-bond acceptors (Lipinski definition) is 3. The molecular weight excluding hydrogens is 342 g/mol. The average Bonchev–Trinajstić information content (AvgIpc) is 2.96. The first-order valence-electron chi connectivity index (χ1n) is 9.24. The quantitative estimate of drug-likeness (QED) is 0.666. The van der Waals surface area contributed by atoms with Crippen molar-refractivity contribution in [3.63, 3.8) is 0 Å². The molecule has 0 aliphatic rings. The maximum atomic E-state index is 12.6.